The molecule has 0 N–H and O–H groups in total. The average molecular weight is 128 g/mol. The minimum atomic E-state index is -0.539. The van der Waals surface area contributed by atoms with E-state index < -0.39 is 6.29 Å². The quantitative estimate of drug-likeness (QED) is 0.472. The molecule has 1 rings (SSSR count). The molecular weight excluding hydrogens is 122 g/mol. The molecule has 0 fully saturated rings. The van der Waals surface area contributed by atoms with Gasteiger partial charge in [-0.05, 0) is 0 Å². The Morgan fingerprint density at radius 3 is 3.22 bits per heavy atom. The second kappa shape index (κ2) is 2.48. The highest BCUT2D eigenvalue weighted by molar-refractivity contribution is 5.67. The van der Waals surface area contributed by atoms with E-state index in [1.54, 1.807) is 0 Å². The fourth-order valence-corrected chi connectivity index (χ4v) is 0.493. The van der Waals surface area contributed by atoms with Crippen LogP contribution in [-0.2, 0) is 14.4 Å². The molecule has 0 spiro atoms. The standard InChI is InChI=1S/C5H6NO3/c1-4(7)8-5-2-3-6-9-5/h5H,2H2,1H3. The molecule has 0 aromatic rings. The van der Waals surface area contributed by atoms with Crippen molar-refractivity contribution in [3.63, 3.8) is 0 Å². The molecule has 9 heavy (non-hydrogen) atoms. The number of hydrogen-bond donors (Lipinski definition) is 0. The molecule has 1 aliphatic rings. The summed E-state index contributed by atoms with van der Waals surface area (Å²) in [7, 11) is 0. The minimum Gasteiger partial charge on any atom is -0.423 e. The van der Waals surface area contributed by atoms with Crippen molar-refractivity contribution < 1.29 is 14.4 Å². The monoisotopic (exact) mass is 128 g/mol. The van der Waals surface area contributed by atoms with Crippen molar-refractivity contribution in [2.45, 2.75) is 19.6 Å². The lowest BCUT2D eigenvalue weighted by Crippen LogP contribution is -2.13. The van der Waals surface area contributed by atoms with Crippen LogP contribution in [0.25, 0.3) is 0 Å². The van der Waals surface area contributed by atoms with Gasteiger partial charge in [0.05, 0.1) is 6.42 Å². The van der Waals surface area contributed by atoms with Crippen LogP contribution in [0.1, 0.15) is 13.3 Å². The van der Waals surface area contributed by atoms with Gasteiger partial charge in [-0.15, -0.1) is 0 Å². The second-order valence-corrected chi connectivity index (χ2v) is 1.60. The fraction of sp³-hybridized carbons (Fsp3) is 0.600. The third kappa shape index (κ3) is 1.71. The molecule has 0 saturated carbocycles. The number of rotatable bonds is 1. The van der Waals surface area contributed by atoms with E-state index in [1.165, 1.54) is 6.92 Å². The Morgan fingerprint density at radius 2 is 2.78 bits per heavy atom. The molecule has 4 heteroatoms. The van der Waals surface area contributed by atoms with E-state index in [1.807, 2.05) is 0 Å². The third-order valence-corrected chi connectivity index (χ3v) is 0.790. The average Bonchev–Trinajstić information content (AvgIpc) is 2.15. The largest absolute Gasteiger partial charge is 0.423 e. The Morgan fingerprint density at radius 1 is 2.00 bits per heavy atom. The molecule has 0 aromatic heterocycles. The summed E-state index contributed by atoms with van der Waals surface area (Å²) in [5.41, 5.74) is 0. The molecule has 1 radical (unpaired) electrons. The van der Waals surface area contributed by atoms with E-state index in [0.29, 0.717) is 6.42 Å². The van der Waals surface area contributed by atoms with Crippen molar-refractivity contribution in [3.05, 3.63) is 0 Å². The van der Waals surface area contributed by atoms with Gasteiger partial charge in [0.1, 0.15) is 6.21 Å². The maximum atomic E-state index is 10.2. The highest BCUT2D eigenvalue weighted by Crippen LogP contribution is 2.05. The number of ether oxygens (including phenoxy) is 1. The molecule has 1 heterocycles. The summed E-state index contributed by atoms with van der Waals surface area (Å²) in [5, 5.41) is 3.29. The van der Waals surface area contributed by atoms with Crippen molar-refractivity contribution in [1.82, 2.24) is 0 Å². The number of esters is 1. The Hall–Kier alpha value is -1.06. The Kier molecular flexibility index (Phi) is 1.67. The van der Waals surface area contributed by atoms with Gasteiger partial charge >= 0.3 is 5.97 Å². The first-order valence-corrected chi connectivity index (χ1v) is 2.55. The van der Waals surface area contributed by atoms with Gasteiger partial charge in [0.25, 0.3) is 6.29 Å². The van der Waals surface area contributed by atoms with E-state index in [-0.39, 0.29) is 5.97 Å². The summed E-state index contributed by atoms with van der Waals surface area (Å²) in [6.07, 6.45) is 2.39. The van der Waals surface area contributed by atoms with Crippen molar-refractivity contribution in [2.75, 3.05) is 0 Å². The van der Waals surface area contributed by atoms with Crippen LogP contribution in [0, 0.1) is 0 Å². The van der Waals surface area contributed by atoms with Gasteiger partial charge in [-0.3, -0.25) is 4.79 Å². The summed E-state index contributed by atoms with van der Waals surface area (Å²) in [5.74, 6) is -0.362. The highest BCUT2D eigenvalue weighted by atomic mass is 16.8. The van der Waals surface area contributed by atoms with Crippen LogP contribution >= 0.6 is 0 Å². The Bertz CT molecular complexity index is 135. The van der Waals surface area contributed by atoms with E-state index in [9.17, 15) is 4.79 Å². The molecule has 0 amide bonds. The number of nitrogens with zero attached hydrogens (tertiary/aromatic N) is 1. The van der Waals surface area contributed by atoms with Gasteiger partial charge in [-0.25, -0.2) is 0 Å². The van der Waals surface area contributed by atoms with Crippen molar-refractivity contribution in [2.24, 2.45) is 5.16 Å². The minimum absolute atomic E-state index is 0.362. The van der Waals surface area contributed by atoms with E-state index in [2.05, 4.69) is 20.9 Å². The van der Waals surface area contributed by atoms with Crippen LogP contribution in [0.3, 0.4) is 0 Å². The molecule has 0 bridgehead atoms. The predicted octanol–water partition coefficient (Wildman–Crippen LogP) is 0.159. The first kappa shape index (κ1) is 6.07. The number of carbonyl (C=O) groups excluding carboxylic acids is 1. The summed E-state index contributed by atoms with van der Waals surface area (Å²) in [6, 6.07) is 0. The van der Waals surface area contributed by atoms with Crippen LogP contribution in [0.5, 0.6) is 0 Å². The van der Waals surface area contributed by atoms with Gasteiger partial charge in [0, 0.05) is 6.92 Å². The molecular formula is C5H6NO3. The van der Waals surface area contributed by atoms with Crippen LogP contribution < -0.4 is 0 Å². The molecule has 1 atom stereocenters. The molecule has 1 aliphatic heterocycles. The zero-order chi connectivity index (χ0) is 6.69. The zero-order valence-electron chi connectivity index (χ0n) is 4.96. The maximum absolute atomic E-state index is 10.2. The van der Waals surface area contributed by atoms with Gasteiger partial charge in [0.15, 0.2) is 0 Å². The molecule has 0 aromatic carbocycles. The summed E-state index contributed by atoms with van der Waals surface area (Å²) < 4.78 is 4.59. The Labute approximate surface area is 52.4 Å². The smallest absolute Gasteiger partial charge is 0.305 e. The lowest BCUT2D eigenvalue weighted by Gasteiger charge is -2.05. The van der Waals surface area contributed by atoms with Crippen LogP contribution in [0.2, 0.25) is 0 Å². The summed E-state index contributed by atoms with van der Waals surface area (Å²) in [4.78, 5) is 14.8. The van der Waals surface area contributed by atoms with Gasteiger partial charge in [-0.2, -0.15) is 0 Å². The molecule has 49 valence electrons. The van der Waals surface area contributed by atoms with E-state index >= 15 is 0 Å². The molecule has 0 saturated heterocycles. The first-order valence-electron chi connectivity index (χ1n) is 2.55. The van der Waals surface area contributed by atoms with Crippen molar-refractivity contribution in [1.29, 1.82) is 0 Å². The fourth-order valence-electron chi connectivity index (χ4n) is 0.493. The van der Waals surface area contributed by atoms with Crippen molar-refractivity contribution in [3.8, 4) is 0 Å². The highest BCUT2D eigenvalue weighted by Gasteiger charge is 2.15. The van der Waals surface area contributed by atoms with Crippen LogP contribution in [0.15, 0.2) is 5.16 Å². The topological polar surface area (TPSA) is 47.9 Å². The maximum Gasteiger partial charge on any atom is 0.305 e. The Balaban J connectivity index is 2.22. The first-order chi connectivity index (χ1) is 4.29. The van der Waals surface area contributed by atoms with Crippen molar-refractivity contribution >= 4 is 12.2 Å². The van der Waals surface area contributed by atoms with Gasteiger partial charge in [0.2, 0.25) is 0 Å². The molecule has 0 aliphatic carbocycles. The molecule has 4 nitrogen and oxygen atoms in total. The van der Waals surface area contributed by atoms with E-state index in [0.717, 1.165) is 0 Å². The summed E-state index contributed by atoms with van der Waals surface area (Å²) in [6.45, 7) is 1.32. The van der Waals surface area contributed by atoms with Gasteiger partial charge in [-0.1, -0.05) is 5.16 Å². The predicted molar refractivity (Wildman–Crippen MR) is 28.7 cm³/mol. The molecule has 1 unspecified atom stereocenters. The van der Waals surface area contributed by atoms with E-state index in [4.69, 9.17) is 0 Å². The summed E-state index contributed by atoms with van der Waals surface area (Å²) >= 11 is 0. The lowest BCUT2D eigenvalue weighted by molar-refractivity contribution is -0.170. The van der Waals surface area contributed by atoms with Crippen LogP contribution in [0.4, 0.5) is 0 Å². The van der Waals surface area contributed by atoms with Gasteiger partial charge < -0.3 is 9.57 Å². The second-order valence-electron chi connectivity index (χ2n) is 1.60. The normalized spacial score (nSPS) is 23.4. The third-order valence-electron chi connectivity index (χ3n) is 0.790. The SMILES string of the molecule is CC(=O)OC1C[C]=NO1. The number of hydrogen-bond acceptors (Lipinski definition) is 4. The number of carbonyl (C=O) groups is 1. The van der Waals surface area contributed by atoms with Crippen LogP contribution in [-0.4, -0.2) is 18.5 Å². The lowest BCUT2D eigenvalue weighted by atomic mass is 10.5. The zero-order valence-corrected chi connectivity index (χ0v) is 4.96.